The molecule has 1 aromatic rings. The predicted octanol–water partition coefficient (Wildman–Crippen LogP) is 0.522. The van der Waals surface area contributed by atoms with E-state index in [-0.39, 0.29) is 21.6 Å². The molecule has 0 aliphatic carbocycles. The number of benzene rings is 1. The Morgan fingerprint density at radius 2 is 2.27 bits per heavy atom. The molecular weight excluding hydrogens is 203 g/mol. The van der Waals surface area contributed by atoms with Crippen molar-refractivity contribution in [2.75, 3.05) is 6.61 Å². The second-order valence-electron chi connectivity index (χ2n) is 2.04. The van der Waals surface area contributed by atoms with Crippen LogP contribution in [0.25, 0.3) is 0 Å². The summed E-state index contributed by atoms with van der Waals surface area (Å²) in [6.45, 7) is 1.24. The Morgan fingerprint density at radius 3 is 2.82 bits per heavy atom. The fourth-order valence-corrected chi connectivity index (χ4v) is 2.06. The van der Waals surface area contributed by atoms with Gasteiger partial charge in [-0.15, -0.1) is 0 Å². The van der Waals surface area contributed by atoms with Crippen molar-refractivity contribution in [2.24, 2.45) is 0 Å². The summed E-state index contributed by atoms with van der Waals surface area (Å²) in [5, 5.41) is 8.81. The van der Waals surface area contributed by atoms with Crippen LogP contribution in [-0.2, 0) is 0 Å². The van der Waals surface area contributed by atoms with Crippen molar-refractivity contribution >= 4 is 19.4 Å². The molecule has 0 spiro atoms. The van der Waals surface area contributed by atoms with Crippen LogP contribution in [-0.4, -0.2) is 26.7 Å². The first-order valence-corrected chi connectivity index (χ1v) is 4.99. The Morgan fingerprint density at radius 1 is 1.55 bits per heavy atom. The van der Waals surface area contributed by atoms with Gasteiger partial charge in [0.05, 0.1) is 0 Å². The van der Waals surface area contributed by atoms with Crippen molar-refractivity contribution in [1.29, 1.82) is 0 Å². The number of hydrogen-bond donors (Lipinski definition) is 1. The van der Waals surface area contributed by atoms with Crippen LogP contribution in [0.4, 0.5) is 0 Å². The van der Waals surface area contributed by atoms with Gasteiger partial charge in [0.1, 0.15) is 0 Å². The number of aliphatic hydroxyl groups is 1. The summed E-state index contributed by atoms with van der Waals surface area (Å²) in [4.78, 5) is 0. The van der Waals surface area contributed by atoms with Gasteiger partial charge in [0.15, 0.2) is 0 Å². The zero-order valence-electron chi connectivity index (χ0n) is 7.03. The summed E-state index contributed by atoms with van der Waals surface area (Å²) in [6.07, 6.45) is 0. The molecule has 1 nitrogen and oxygen atoms in total. The quantitative estimate of drug-likeness (QED) is 0.727. The van der Waals surface area contributed by atoms with Gasteiger partial charge in [-0.05, 0) is 0 Å². The van der Waals surface area contributed by atoms with Crippen LogP contribution in [0, 0.1) is 0 Å². The van der Waals surface area contributed by atoms with Gasteiger partial charge in [-0.3, -0.25) is 0 Å². The molecule has 0 bridgehead atoms. The molecule has 0 saturated heterocycles. The van der Waals surface area contributed by atoms with Crippen molar-refractivity contribution in [3.63, 3.8) is 0 Å². The Labute approximate surface area is 74.3 Å². The van der Waals surface area contributed by atoms with Gasteiger partial charge in [-0.2, -0.15) is 0 Å². The van der Waals surface area contributed by atoms with Crippen molar-refractivity contribution in [1.82, 2.24) is 0 Å². The molecule has 1 rings (SSSR count). The number of aliphatic hydroxyl groups excluding tert-OH is 1. The molecule has 0 heterocycles. The molecule has 0 fully saturated rings. The molecule has 58 valence electrons. The summed E-state index contributed by atoms with van der Waals surface area (Å²) in [6, 6.07) is 9.92. The van der Waals surface area contributed by atoms with Crippen molar-refractivity contribution < 1.29 is 6.48 Å². The summed E-state index contributed by atoms with van der Waals surface area (Å²) >= 11 is 0.109. The molecular formula is C9H10OSe. The van der Waals surface area contributed by atoms with Crippen LogP contribution in [0.3, 0.4) is 0 Å². The van der Waals surface area contributed by atoms with E-state index >= 15 is 0 Å². The monoisotopic (exact) mass is 215 g/mol. The van der Waals surface area contributed by atoms with Crippen LogP contribution in [0.1, 0.15) is 1.37 Å². The SMILES string of the molecule is [2H]C=C(CO)[Se]c1ccccc1. The minimum absolute atomic E-state index is 0.00159. The van der Waals surface area contributed by atoms with E-state index in [1.807, 2.05) is 30.3 Å². The van der Waals surface area contributed by atoms with Crippen LogP contribution >= 0.6 is 0 Å². The molecule has 1 N–H and O–H groups in total. The van der Waals surface area contributed by atoms with Gasteiger partial charge in [-0.25, -0.2) is 0 Å². The molecule has 0 amide bonds. The standard InChI is InChI=1S/C9H10OSe/c1-8(7-10)11-9-5-3-2-4-6-9/h2-6,10H,1,7H2/i1D. The second-order valence-corrected chi connectivity index (χ2v) is 4.56. The second kappa shape index (κ2) is 4.34. The first kappa shape index (κ1) is 7.11. The molecule has 0 saturated carbocycles. The normalized spacial score (nSPS) is 12.8. The summed E-state index contributed by atoms with van der Waals surface area (Å²) in [5.41, 5.74) is 0. The fourth-order valence-electron chi connectivity index (χ4n) is 0.672. The van der Waals surface area contributed by atoms with Gasteiger partial charge in [0.2, 0.25) is 0 Å². The van der Waals surface area contributed by atoms with E-state index in [2.05, 4.69) is 0 Å². The zero-order valence-corrected chi connectivity index (χ0v) is 7.74. The molecule has 0 radical (unpaired) electrons. The van der Waals surface area contributed by atoms with E-state index < -0.39 is 0 Å². The summed E-state index contributed by atoms with van der Waals surface area (Å²) in [5.74, 6) is 0. The Kier molecular flexibility index (Phi) is 2.81. The van der Waals surface area contributed by atoms with Crippen molar-refractivity contribution in [2.45, 2.75) is 0 Å². The van der Waals surface area contributed by atoms with Crippen LogP contribution in [0.2, 0.25) is 0 Å². The van der Waals surface area contributed by atoms with Gasteiger partial charge in [0, 0.05) is 0 Å². The number of rotatable bonds is 3. The van der Waals surface area contributed by atoms with Crippen molar-refractivity contribution in [3.05, 3.63) is 41.4 Å². The summed E-state index contributed by atoms with van der Waals surface area (Å²) in [7, 11) is 0. The Hall–Kier alpha value is -0.561. The maximum absolute atomic E-state index is 8.81. The average molecular weight is 214 g/mol. The summed E-state index contributed by atoms with van der Waals surface area (Å²) < 4.78 is 8.99. The third-order valence-electron chi connectivity index (χ3n) is 1.15. The first-order chi connectivity index (χ1) is 5.86. The topological polar surface area (TPSA) is 20.2 Å². The van der Waals surface area contributed by atoms with Crippen LogP contribution in [0.15, 0.2) is 41.4 Å². The molecule has 0 atom stereocenters. The van der Waals surface area contributed by atoms with Crippen molar-refractivity contribution in [3.8, 4) is 0 Å². The third-order valence-corrected chi connectivity index (χ3v) is 3.03. The zero-order chi connectivity index (χ0) is 8.81. The molecule has 0 unspecified atom stereocenters. The van der Waals surface area contributed by atoms with Gasteiger partial charge >= 0.3 is 73.9 Å². The third kappa shape index (κ3) is 2.89. The van der Waals surface area contributed by atoms with E-state index in [0.717, 1.165) is 4.47 Å². The first-order valence-electron chi connectivity index (χ1n) is 3.85. The maximum atomic E-state index is 8.81. The number of hydrogen-bond acceptors (Lipinski definition) is 1. The molecule has 2 heteroatoms. The Balaban J connectivity index is 2.64. The van der Waals surface area contributed by atoms with Gasteiger partial charge in [0.25, 0.3) is 0 Å². The molecule has 0 aromatic heterocycles. The van der Waals surface area contributed by atoms with E-state index in [1.54, 1.807) is 0 Å². The predicted molar refractivity (Wildman–Crippen MR) is 48.1 cm³/mol. The minimum atomic E-state index is -0.00159. The fraction of sp³-hybridized carbons (Fsp3) is 0.111. The van der Waals surface area contributed by atoms with Gasteiger partial charge in [-0.1, -0.05) is 0 Å². The van der Waals surface area contributed by atoms with E-state index in [1.165, 1.54) is 11.0 Å². The molecule has 0 aliphatic heterocycles. The average Bonchev–Trinajstić information content (AvgIpc) is 2.16. The van der Waals surface area contributed by atoms with Crippen LogP contribution < -0.4 is 4.46 Å². The van der Waals surface area contributed by atoms with Gasteiger partial charge < -0.3 is 0 Å². The van der Waals surface area contributed by atoms with E-state index in [9.17, 15) is 0 Å². The molecule has 1 aromatic carbocycles. The van der Waals surface area contributed by atoms with E-state index in [4.69, 9.17) is 6.48 Å². The molecule has 0 aliphatic rings. The van der Waals surface area contributed by atoms with Crippen LogP contribution in [0.5, 0.6) is 0 Å². The van der Waals surface area contributed by atoms with E-state index in [0.29, 0.717) is 0 Å². The Bertz CT molecular complexity index is 258. The molecule has 11 heavy (non-hydrogen) atoms.